The average Bonchev–Trinajstić information content (AvgIpc) is 2.38. The maximum atomic E-state index is 11.7. The van der Waals surface area contributed by atoms with E-state index >= 15 is 0 Å². The molecule has 0 fully saturated rings. The maximum absolute atomic E-state index is 11.7. The average molecular weight is 299 g/mol. The van der Waals surface area contributed by atoms with Crippen molar-refractivity contribution in [1.29, 1.82) is 0 Å². The van der Waals surface area contributed by atoms with E-state index in [0.717, 1.165) is 17.1 Å². The zero-order chi connectivity index (χ0) is 14.3. The van der Waals surface area contributed by atoms with Crippen LogP contribution >= 0.6 is 23.5 Å². The second-order valence-electron chi connectivity index (χ2n) is 3.80. The number of benzene rings is 1. The molecule has 1 aromatic carbocycles. The molecule has 0 aromatic heterocycles. The van der Waals surface area contributed by atoms with E-state index in [1.54, 1.807) is 23.9 Å². The first-order chi connectivity index (χ1) is 9.08. The molecular formula is C13H17NO3S2. The molecular weight excluding hydrogens is 282 g/mol. The van der Waals surface area contributed by atoms with Crippen molar-refractivity contribution in [1.82, 2.24) is 0 Å². The largest absolute Gasteiger partial charge is 0.287 e. The van der Waals surface area contributed by atoms with E-state index in [2.05, 4.69) is 0 Å². The van der Waals surface area contributed by atoms with Crippen molar-refractivity contribution in [2.75, 3.05) is 11.5 Å². The predicted molar refractivity (Wildman–Crippen MR) is 81.7 cm³/mol. The summed E-state index contributed by atoms with van der Waals surface area (Å²) < 4.78 is 0. The monoisotopic (exact) mass is 299 g/mol. The molecule has 1 unspecified atom stereocenters. The smallest absolute Gasteiger partial charge is 0.269 e. The summed E-state index contributed by atoms with van der Waals surface area (Å²) in [4.78, 5) is 21.9. The molecule has 0 radical (unpaired) electrons. The summed E-state index contributed by atoms with van der Waals surface area (Å²) in [6.07, 6.45) is 0.467. The van der Waals surface area contributed by atoms with E-state index in [1.165, 1.54) is 23.9 Å². The van der Waals surface area contributed by atoms with Crippen molar-refractivity contribution in [2.45, 2.75) is 25.5 Å². The van der Waals surface area contributed by atoms with Gasteiger partial charge in [-0.2, -0.15) is 11.8 Å². The fraction of sp³-hybridized carbons (Fsp3) is 0.462. The van der Waals surface area contributed by atoms with Crippen LogP contribution < -0.4 is 0 Å². The highest BCUT2D eigenvalue weighted by atomic mass is 32.2. The third kappa shape index (κ3) is 5.24. The van der Waals surface area contributed by atoms with Gasteiger partial charge in [-0.1, -0.05) is 37.7 Å². The lowest BCUT2D eigenvalue weighted by molar-refractivity contribution is -0.384. The molecule has 0 heterocycles. The van der Waals surface area contributed by atoms with Crippen LogP contribution in [-0.4, -0.2) is 21.5 Å². The molecule has 0 bridgehead atoms. The zero-order valence-electron chi connectivity index (χ0n) is 11.0. The molecule has 104 valence electrons. The molecule has 4 nitrogen and oxygen atoms in total. The van der Waals surface area contributed by atoms with Gasteiger partial charge in [0, 0.05) is 23.8 Å². The number of carbonyl (C=O) groups is 1. The van der Waals surface area contributed by atoms with Crippen molar-refractivity contribution in [3.8, 4) is 0 Å². The van der Waals surface area contributed by atoms with E-state index in [0.29, 0.717) is 6.42 Å². The van der Waals surface area contributed by atoms with Gasteiger partial charge in [0.1, 0.15) is 0 Å². The van der Waals surface area contributed by atoms with Crippen LogP contribution in [0.3, 0.4) is 0 Å². The molecule has 1 aromatic rings. The molecule has 0 aliphatic heterocycles. The fourth-order valence-corrected chi connectivity index (χ4v) is 3.39. The first-order valence-electron chi connectivity index (χ1n) is 6.10. The van der Waals surface area contributed by atoms with E-state index in [1.807, 2.05) is 13.8 Å². The minimum atomic E-state index is -0.413. The van der Waals surface area contributed by atoms with Gasteiger partial charge in [-0.15, -0.1) is 0 Å². The van der Waals surface area contributed by atoms with Crippen molar-refractivity contribution in [2.24, 2.45) is 0 Å². The highest BCUT2D eigenvalue weighted by molar-refractivity contribution is 8.13. The Morgan fingerprint density at radius 2 is 1.89 bits per heavy atom. The predicted octanol–water partition coefficient (Wildman–Crippen LogP) is 4.06. The molecule has 1 rings (SSSR count). The summed E-state index contributed by atoms with van der Waals surface area (Å²) in [7, 11) is 0. The highest BCUT2D eigenvalue weighted by Gasteiger charge is 2.17. The van der Waals surface area contributed by atoms with E-state index in [9.17, 15) is 14.9 Å². The van der Waals surface area contributed by atoms with Crippen molar-refractivity contribution < 1.29 is 9.72 Å². The van der Waals surface area contributed by atoms with Crippen LogP contribution in [0.4, 0.5) is 5.69 Å². The Balaban J connectivity index is 2.80. The van der Waals surface area contributed by atoms with E-state index in [4.69, 9.17) is 0 Å². The summed E-state index contributed by atoms with van der Waals surface area (Å²) in [6.45, 7) is 4.00. The highest BCUT2D eigenvalue weighted by Crippen LogP contribution is 2.34. The number of nitrogens with zero attached hydrogens (tertiary/aromatic N) is 1. The third-order valence-electron chi connectivity index (χ3n) is 2.50. The van der Waals surface area contributed by atoms with Crippen LogP contribution in [0.25, 0.3) is 0 Å². The first kappa shape index (κ1) is 16.0. The third-order valence-corrected chi connectivity index (χ3v) is 4.45. The van der Waals surface area contributed by atoms with Gasteiger partial charge < -0.3 is 0 Å². The normalized spacial score (nSPS) is 12.1. The Labute approximate surface area is 121 Å². The number of hydrogen-bond acceptors (Lipinski definition) is 5. The second kappa shape index (κ2) is 8.22. The molecule has 0 aliphatic rings. The van der Waals surface area contributed by atoms with Gasteiger partial charge in [0.15, 0.2) is 5.12 Å². The Morgan fingerprint density at radius 3 is 2.37 bits per heavy atom. The van der Waals surface area contributed by atoms with Gasteiger partial charge in [-0.3, -0.25) is 14.9 Å². The Hall–Kier alpha value is -1.01. The van der Waals surface area contributed by atoms with Crippen LogP contribution in [0.5, 0.6) is 0 Å². The summed E-state index contributed by atoms with van der Waals surface area (Å²) in [5, 5.41) is 10.9. The number of nitro benzene ring substituents is 1. The number of non-ortho nitro benzene ring substituents is 1. The number of hydrogen-bond donors (Lipinski definition) is 0. The summed E-state index contributed by atoms with van der Waals surface area (Å²) in [5.74, 6) is 1.69. The van der Waals surface area contributed by atoms with Crippen LogP contribution in [0.15, 0.2) is 24.3 Å². The van der Waals surface area contributed by atoms with Crippen molar-refractivity contribution in [3.63, 3.8) is 0 Å². The molecule has 0 saturated carbocycles. The van der Waals surface area contributed by atoms with Crippen molar-refractivity contribution in [3.05, 3.63) is 39.9 Å². The molecule has 0 aliphatic carbocycles. The quantitative estimate of drug-likeness (QED) is 0.561. The molecule has 0 saturated heterocycles. The van der Waals surface area contributed by atoms with Gasteiger partial charge in [-0.25, -0.2) is 0 Å². The second-order valence-corrected chi connectivity index (χ2v) is 6.60. The summed E-state index contributed by atoms with van der Waals surface area (Å²) in [5.41, 5.74) is 1.06. The van der Waals surface area contributed by atoms with Crippen LogP contribution in [0.2, 0.25) is 0 Å². The topological polar surface area (TPSA) is 60.2 Å². The maximum Gasteiger partial charge on any atom is 0.269 e. The Kier molecular flexibility index (Phi) is 6.94. The van der Waals surface area contributed by atoms with E-state index in [-0.39, 0.29) is 16.1 Å². The molecule has 6 heteroatoms. The molecule has 1 atom stereocenters. The minimum Gasteiger partial charge on any atom is -0.287 e. The SMILES string of the molecule is CCSC(=O)CC(SCC)c1ccc([N+](=O)[O-])cc1. The summed E-state index contributed by atoms with van der Waals surface area (Å²) in [6, 6.07) is 6.48. The molecule has 19 heavy (non-hydrogen) atoms. The van der Waals surface area contributed by atoms with Crippen LogP contribution in [0, 0.1) is 10.1 Å². The number of nitro groups is 1. The van der Waals surface area contributed by atoms with Crippen LogP contribution in [-0.2, 0) is 4.79 Å². The van der Waals surface area contributed by atoms with Crippen LogP contribution in [0.1, 0.15) is 31.1 Å². The fourth-order valence-electron chi connectivity index (χ4n) is 1.66. The lowest BCUT2D eigenvalue weighted by atomic mass is 10.1. The number of thioether (sulfide) groups is 2. The first-order valence-corrected chi connectivity index (χ1v) is 8.13. The number of rotatable bonds is 7. The lowest BCUT2D eigenvalue weighted by Gasteiger charge is -2.15. The van der Waals surface area contributed by atoms with E-state index < -0.39 is 4.92 Å². The Bertz CT molecular complexity index is 434. The van der Waals surface area contributed by atoms with Gasteiger partial charge in [0.2, 0.25) is 0 Å². The Morgan fingerprint density at radius 1 is 1.26 bits per heavy atom. The van der Waals surface area contributed by atoms with Gasteiger partial charge in [-0.05, 0) is 17.1 Å². The standard InChI is InChI=1S/C13H17NO3S2/c1-3-18-12(9-13(15)19-4-2)10-5-7-11(8-6-10)14(16)17/h5-8,12H,3-4,9H2,1-2H3. The minimum absolute atomic E-state index is 0.0809. The van der Waals surface area contributed by atoms with Gasteiger partial charge in [0.25, 0.3) is 5.69 Å². The van der Waals surface area contributed by atoms with Gasteiger partial charge in [0.05, 0.1) is 4.92 Å². The lowest BCUT2D eigenvalue weighted by Crippen LogP contribution is -2.02. The van der Waals surface area contributed by atoms with Gasteiger partial charge >= 0.3 is 0 Å². The van der Waals surface area contributed by atoms with Crippen molar-refractivity contribution >= 4 is 34.3 Å². The zero-order valence-corrected chi connectivity index (χ0v) is 12.6. The number of carbonyl (C=O) groups excluding carboxylic acids is 1. The molecule has 0 N–H and O–H groups in total. The summed E-state index contributed by atoms with van der Waals surface area (Å²) >= 11 is 3.02. The molecule has 0 spiro atoms. The molecule has 0 amide bonds.